The Bertz CT molecular complexity index is 1590. The molecular formula is C36H49BrN4O10. The summed E-state index contributed by atoms with van der Waals surface area (Å²) in [5.74, 6) is 0.771. The van der Waals surface area contributed by atoms with Crippen LogP contribution in [0.25, 0.3) is 0 Å². The molecule has 2 aromatic carbocycles. The third kappa shape index (κ3) is 10.4. The number of carbonyl (C=O) groups excluding carboxylic acids is 4. The standard InChI is InChI=1S/C18H24N2O5.C9H7BrO3.C9H18N2O2/c1-18(2,3)25-17(22)20-9-7-19(8-10-20)14-6-5-12-13(15(14)23-4)11-24-16(12)21;1-12-8-6-4-13-9(11)5(6)2-3-7(8)10;1-9(2,3)13-8(12)11-6-4-10-5-7-11/h5-6H,7-11H2,1-4H3;2-3H,4H2,1H3;10H,4-7H2,1-3H3. The monoisotopic (exact) mass is 776 g/mol. The van der Waals surface area contributed by atoms with Gasteiger partial charge in [-0.05, 0) is 81.7 Å². The van der Waals surface area contributed by atoms with Crippen LogP contribution >= 0.6 is 15.9 Å². The van der Waals surface area contributed by atoms with E-state index in [0.29, 0.717) is 55.4 Å². The highest BCUT2D eigenvalue weighted by molar-refractivity contribution is 9.10. The molecule has 2 fully saturated rings. The Kier molecular flexibility index (Phi) is 13.1. The van der Waals surface area contributed by atoms with Gasteiger partial charge in [-0.1, -0.05) is 0 Å². The first-order chi connectivity index (χ1) is 24.0. The van der Waals surface area contributed by atoms with Crippen LogP contribution in [0, 0.1) is 0 Å². The van der Waals surface area contributed by atoms with Crippen LogP contribution in [-0.4, -0.2) is 112 Å². The minimum Gasteiger partial charge on any atom is -0.495 e. The summed E-state index contributed by atoms with van der Waals surface area (Å²) < 4.78 is 32.2. The van der Waals surface area contributed by atoms with Crippen LogP contribution in [0.3, 0.4) is 0 Å². The van der Waals surface area contributed by atoms with Gasteiger partial charge >= 0.3 is 24.1 Å². The molecule has 1 N–H and O–H groups in total. The van der Waals surface area contributed by atoms with Crippen molar-refractivity contribution in [3.8, 4) is 11.5 Å². The number of nitrogens with one attached hydrogen (secondary N) is 1. The second-order valence-corrected chi connectivity index (χ2v) is 14.9. The maximum Gasteiger partial charge on any atom is 0.410 e. The van der Waals surface area contributed by atoms with Gasteiger partial charge in [-0.15, -0.1) is 0 Å². The zero-order valence-corrected chi connectivity index (χ0v) is 32.3. The minimum absolute atomic E-state index is 0.200. The number of anilines is 1. The summed E-state index contributed by atoms with van der Waals surface area (Å²) >= 11 is 3.34. The van der Waals surface area contributed by atoms with Gasteiger partial charge in [0.1, 0.15) is 35.9 Å². The number of carbonyl (C=O) groups is 4. The van der Waals surface area contributed by atoms with Crippen LogP contribution in [-0.2, 0) is 32.2 Å². The molecule has 2 aromatic rings. The summed E-state index contributed by atoms with van der Waals surface area (Å²) in [6.45, 7) is 17.5. The SMILES string of the molecule is CC(C)(C)OC(=O)N1CCNCC1.COc1c(Br)ccc2c1COC2=O.COc1c(N2CCN(C(=O)OC(C)(C)C)CC2)ccc2c1COC2=O. The van der Waals surface area contributed by atoms with Crippen molar-refractivity contribution in [2.45, 2.75) is 66.0 Å². The fourth-order valence-corrected chi connectivity index (χ4v) is 6.18. The molecule has 0 atom stereocenters. The molecule has 2 saturated heterocycles. The summed E-state index contributed by atoms with van der Waals surface area (Å²) in [5.41, 5.74) is 2.81. The molecule has 51 heavy (non-hydrogen) atoms. The Morgan fingerprint density at radius 1 is 0.686 bits per heavy atom. The van der Waals surface area contributed by atoms with Gasteiger partial charge in [-0.3, -0.25) is 0 Å². The number of ether oxygens (including phenoxy) is 6. The molecule has 6 rings (SSSR count). The molecule has 0 bridgehead atoms. The van der Waals surface area contributed by atoms with E-state index in [1.807, 2.05) is 47.6 Å². The van der Waals surface area contributed by atoms with Gasteiger partial charge < -0.3 is 48.4 Å². The number of cyclic esters (lactones) is 2. The van der Waals surface area contributed by atoms with E-state index in [9.17, 15) is 19.2 Å². The van der Waals surface area contributed by atoms with Gasteiger partial charge in [0.25, 0.3) is 0 Å². The molecule has 0 radical (unpaired) electrons. The molecule has 0 spiro atoms. The largest absolute Gasteiger partial charge is 0.495 e. The number of halogens is 1. The van der Waals surface area contributed by atoms with E-state index in [1.54, 1.807) is 42.2 Å². The van der Waals surface area contributed by atoms with Crippen molar-refractivity contribution in [1.82, 2.24) is 15.1 Å². The summed E-state index contributed by atoms with van der Waals surface area (Å²) in [6.07, 6.45) is -0.485. The quantitative estimate of drug-likeness (QED) is 0.316. The Labute approximate surface area is 307 Å². The summed E-state index contributed by atoms with van der Waals surface area (Å²) in [5, 5.41) is 3.18. The molecule has 0 aliphatic carbocycles. The van der Waals surface area contributed by atoms with Crippen molar-refractivity contribution in [1.29, 1.82) is 0 Å². The minimum atomic E-state index is -0.496. The zero-order chi connectivity index (χ0) is 37.5. The highest BCUT2D eigenvalue weighted by Gasteiger charge is 2.31. The molecule has 4 aliphatic heterocycles. The Morgan fingerprint density at radius 2 is 1.14 bits per heavy atom. The molecule has 4 heterocycles. The number of piperazine rings is 2. The van der Waals surface area contributed by atoms with Gasteiger partial charge in [0, 0.05) is 63.5 Å². The maximum atomic E-state index is 12.2. The number of nitrogens with zero attached hydrogens (tertiary/aromatic N) is 3. The van der Waals surface area contributed by atoms with Crippen LogP contribution in [0.15, 0.2) is 28.7 Å². The second kappa shape index (κ2) is 16.9. The van der Waals surface area contributed by atoms with Gasteiger partial charge in [0.2, 0.25) is 0 Å². The first-order valence-corrected chi connectivity index (χ1v) is 17.6. The Hall–Kier alpha value is -4.24. The van der Waals surface area contributed by atoms with Crippen LogP contribution in [0.5, 0.6) is 11.5 Å². The molecule has 0 unspecified atom stereocenters. The molecule has 14 nitrogen and oxygen atoms in total. The highest BCUT2D eigenvalue weighted by atomic mass is 79.9. The number of hydrogen-bond acceptors (Lipinski definition) is 12. The van der Waals surface area contributed by atoms with Crippen molar-refractivity contribution in [3.05, 3.63) is 51.0 Å². The molecule has 4 aliphatic rings. The predicted molar refractivity (Wildman–Crippen MR) is 193 cm³/mol. The lowest BCUT2D eigenvalue weighted by atomic mass is 10.1. The number of hydrogen-bond donors (Lipinski definition) is 1. The Balaban J connectivity index is 0.000000189. The van der Waals surface area contributed by atoms with Crippen molar-refractivity contribution < 1.29 is 47.6 Å². The molecule has 15 heteroatoms. The summed E-state index contributed by atoms with van der Waals surface area (Å²) in [4.78, 5) is 52.1. The van der Waals surface area contributed by atoms with Crippen molar-refractivity contribution in [2.75, 3.05) is 71.5 Å². The lowest BCUT2D eigenvalue weighted by Crippen LogP contribution is -2.50. The fraction of sp³-hybridized carbons (Fsp3) is 0.556. The van der Waals surface area contributed by atoms with Crippen LogP contribution in [0.2, 0.25) is 0 Å². The Morgan fingerprint density at radius 3 is 1.61 bits per heavy atom. The zero-order valence-electron chi connectivity index (χ0n) is 30.7. The molecular weight excluding hydrogens is 728 g/mol. The van der Waals surface area contributed by atoms with Crippen molar-refractivity contribution in [2.24, 2.45) is 0 Å². The average Bonchev–Trinajstić information content (AvgIpc) is 3.65. The molecule has 0 aromatic heterocycles. The van der Waals surface area contributed by atoms with E-state index in [0.717, 1.165) is 47.5 Å². The lowest BCUT2D eigenvalue weighted by molar-refractivity contribution is 0.0223. The van der Waals surface area contributed by atoms with Crippen LogP contribution in [0.1, 0.15) is 73.4 Å². The van der Waals surface area contributed by atoms with Crippen molar-refractivity contribution >= 4 is 45.7 Å². The topological polar surface area (TPSA) is 145 Å². The van der Waals surface area contributed by atoms with Gasteiger partial charge in [0.15, 0.2) is 0 Å². The highest BCUT2D eigenvalue weighted by Crippen LogP contribution is 2.38. The lowest BCUT2D eigenvalue weighted by Gasteiger charge is -2.37. The van der Waals surface area contributed by atoms with Crippen LogP contribution < -0.4 is 19.7 Å². The average molecular weight is 778 g/mol. The predicted octanol–water partition coefficient (Wildman–Crippen LogP) is 5.38. The first kappa shape index (κ1) is 39.5. The van der Waals surface area contributed by atoms with Gasteiger partial charge in [0.05, 0.1) is 35.5 Å². The fourth-order valence-electron chi connectivity index (χ4n) is 5.64. The number of methoxy groups -OCH3 is 2. The van der Waals surface area contributed by atoms with Gasteiger partial charge in [-0.25, -0.2) is 19.2 Å². The molecule has 0 saturated carbocycles. The third-order valence-electron chi connectivity index (χ3n) is 8.04. The normalized spacial score (nSPS) is 16.7. The number of rotatable bonds is 3. The molecule has 280 valence electrons. The smallest absolute Gasteiger partial charge is 0.410 e. The second-order valence-electron chi connectivity index (χ2n) is 14.1. The first-order valence-electron chi connectivity index (χ1n) is 16.8. The van der Waals surface area contributed by atoms with E-state index in [2.05, 4.69) is 26.1 Å². The van der Waals surface area contributed by atoms with E-state index in [-0.39, 0.29) is 36.3 Å². The molecule has 2 amide bonds. The number of amides is 2. The summed E-state index contributed by atoms with van der Waals surface area (Å²) in [6, 6.07) is 7.18. The van der Waals surface area contributed by atoms with Gasteiger partial charge in [-0.2, -0.15) is 0 Å². The van der Waals surface area contributed by atoms with Crippen molar-refractivity contribution in [3.63, 3.8) is 0 Å². The number of benzene rings is 2. The van der Waals surface area contributed by atoms with E-state index in [1.165, 1.54) is 0 Å². The van der Waals surface area contributed by atoms with E-state index < -0.39 is 5.60 Å². The van der Waals surface area contributed by atoms with E-state index in [4.69, 9.17) is 28.4 Å². The number of esters is 2. The number of fused-ring (bicyclic) bond motifs is 2. The summed E-state index contributed by atoms with van der Waals surface area (Å²) in [7, 11) is 3.17. The maximum absolute atomic E-state index is 12.2. The third-order valence-corrected chi connectivity index (χ3v) is 8.66. The van der Waals surface area contributed by atoms with E-state index >= 15 is 0 Å². The van der Waals surface area contributed by atoms with Crippen LogP contribution in [0.4, 0.5) is 15.3 Å².